The monoisotopic (exact) mass is 741 g/mol. The van der Waals surface area contributed by atoms with Gasteiger partial charge in [-0.2, -0.15) is 0 Å². The number of rotatable bonds is 5. The number of fused-ring (bicyclic) bond motifs is 9. The average Bonchev–Trinajstić information content (AvgIpc) is 3.92. The van der Waals surface area contributed by atoms with E-state index in [1.54, 1.807) is 0 Å². The molecule has 0 bridgehead atoms. The van der Waals surface area contributed by atoms with Crippen molar-refractivity contribution >= 4 is 65.4 Å². The molecule has 0 N–H and O–H groups in total. The highest BCUT2D eigenvalue weighted by Crippen LogP contribution is 2.44. The van der Waals surface area contributed by atoms with Crippen LogP contribution in [0.3, 0.4) is 0 Å². The summed E-state index contributed by atoms with van der Waals surface area (Å²) in [5.41, 5.74) is 12.8. The molecular formula is C53H35N5. The fourth-order valence-corrected chi connectivity index (χ4v) is 9.26. The highest BCUT2D eigenvalue weighted by molar-refractivity contribution is 6.13. The maximum atomic E-state index is 5.90. The zero-order valence-corrected chi connectivity index (χ0v) is 31.7. The van der Waals surface area contributed by atoms with E-state index in [-0.39, 0.29) is 0 Å². The van der Waals surface area contributed by atoms with Gasteiger partial charge in [0.15, 0.2) is 5.82 Å². The van der Waals surface area contributed by atoms with Crippen molar-refractivity contribution in [3.8, 4) is 39.7 Å². The minimum atomic E-state index is 0.841. The molecule has 0 atom stereocenters. The van der Waals surface area contributed by atoms with Gasteiger partial charge in [-0.3, -0.25) is 14.1 Å². The van der Waals surface area contributed by atoms with Gasteiger partial charge in [-0.25, -0.2) is 4.98 Å². The summed E-state index contributed by atoms with van der Waals surface area (Å²) < 4.78 is 7.17. The van der Waals surface area contributed by atoms with Crippen molar-refractivity contribution in [2.24, 2.45) is 0 Å². The van der Waals surface area contributed by atoms with Gasteiger partial charge >= 0.3 is 0 Å². The van der Waals surface area contributed by atoms with Crippen molar-refractivity contribution in [1.82, 2.24) is 23.7 Å². The van der Waals surface area contributed by atoms with Gasteiger partial charge in [-0.15, -0.1) is 0 Å². The lowest BCUT2D eigenvalue weighted by molar-refractivity contribution is 0.985. The van der Waals surface area contributed by atoms with E-state index >= 15 is 0 Å². The zero-order chi connectivity index (χ0) is 38.3. The van der Waals surface area contributed by atoms with Crippen LogP contribution in [0.25, 0.3) is 105 Å². The van der Waals surface area contributed by atoms with E-state index in [0.29, 0.717) is 0 Å². The summed E-state index contributed by atoms with van der Waals surface area (Å²) in [6.45, 7) is 2.05. The first-order chi connectivity index (χ1) is 28.7. The third-order valence-electron chi connectivity index (χ3n) is 11.7. The minimum absolute atomic E-state index is 0.841. The number of para-hydroxylation sites is 6. The molecule has 5 aromatic heterocycles. The van der Waals surface area contributed by atoms with Crippen LogP contribution in [0.4, 0.5) is 0 Å². The van der Waals surface area contributed by atoms with Crippen molar-refractivity contribution in [2.45, 2.75) is 6.92 Å². The van der Waals surface area contributed by atoms with Crippen LogP contribution >= 0.6 is 0 Å². The van der Waals surface area contributed by atoms with Gasteiger partial charge < -0.3 is 4.57 Å². The van der Waals surface area contributed by atoms with E-state index in [9.17, 15) is 0 Å². The molecule has 0 aliphatic heterocycles. The summed E-state index contributed by atoms with van der Waals surface area (Å²) in [7, 11) is 0. The number of aryl methyl sites for hydroxylation is 1. The van der Waals surface area contributed by atoms with Gasteiger partial charge in [0, 0.05) is 49.1 Å². The fourth-order valence-electron chi connectivity index (χ4n) is 9.26. The summed E-state index contributed by atoms with van der Waals surface area (Å²) in [6.07, 6.45) is 0. The largest absolute Gasteiger partial charge is 0.305 e. The van der Waals surface area contributed by atoms with Gasteiger partial charge in [0.1, 0.15) is 5.82 Å². The van der Waals surface area contributed by atoms with Crippen molar-refractivity contribution in [3.63, 3.8) is 0 Å². The molecule has 58 heavy (non-hydrogen) atoms. The Morgan fingerprint density at radius 1 is 0.345 bits per heavy atom. The molecule has 0 saturated heterocycles. The summed E-state index contributed by atoms with van der Waals surface area (Å²) in [5.74, 6) is 1.69. The van der Waals surface area contributed by atoms with Crippen molar-refractivity contribution in [3.05, 3.63) is 200 Å². The second-order valence-corrected chi connectivity index (χ2v) is 15.1. The maximum Gasteiger partial charge on any atom is 0.165 e. The van der Waals surface area contributed by atoms with Gasteiger partial charge in [-0.1, -0.05) is 133 Å². The Kier molecular flexibility index (Phi) is 7.07. The van der Waals surface area contributed by atoms with Crippen LogP contribution in [-0.4, -0.2) is 23.7 Å². The highest BCUT2D eigenvalue weighted by Gasteiger charge is 2.26. The topological polar surface area (TPSA) is 40.6 Å². The third kappa shape index (κ3) is 4.77. The minimum Gasteiger partial charge on any atom is -0.305 e. The third-order valence-corrected chi connectivity index (χ3v) is 11.7. The lowest BCUT2D eigenvalue weighted by Gasteiger charge is -2.22. The number of hydrogen-bond donors (Lipinski definition) is 0. The molecule has 0 fully saturated rings. The molecule has 5 heteroatoms. The lowest BCUT2D eigenvalue weighted by atomic mass is 9.99. The Bertz CT molecular complexity index is 3440. The molecule has 12 rings (SSSR count). The van der Waals surface area contributed by atoms with E-state index in [1.165, 1.54) is 32.3 Å². The molecule has 0 aliphatic rings. The predicted molar refractivity (Wildman–Crippen MR) is 241 cm³/mol. The molecule has 0 unspecified atom stereocenters. The number of aromatic nitrogens is 5. The molecule has 0 spiro atoms. The molecule has 7 aromatic carbocycles. The molecule has 12 aromatic rings. The summed E-state index contributed by atoms with van der Waals surface area (Å²) >= 11 is 0. The van der Waals surface area contributed by atoms with Crippen LogP contribution in [0.1, 0.15) is 5.69 Å². The summed E-state index contributed by atoms with van der Waals surface area (Å²) in [6, 6.07) is 69.6. The number of pyridine rings is 2. The standard InChI is InChI=1S/C53H35N5/c1-34-16-14-25-44(54-34)36-18-15-17-35(32-36)43-33-51(56-45-26-8-2-19-37(45)38-20-3-9-27-46(38)56)55-53(58-49-30-12-6-23-41(49)42-24-7-13-31-50(42)58)52(43)57-47-28-10-4-21-39(47)40-22-5-11-29-48(40)57/h2-33H,1H3. The SMILES string of the molecule is Cc1cccc(-c2cccc(-c3cc(-n4c5ccccc5c5ccccc54)nc(-n4c5ccccc5c5ccccc54)c3-n3c4ccccc4c4ccccc43)c2)n1. The van der Waals surface area contributed by atoms with Crippen molar-refractivity contribution < 1.29 is 0 Å². The Balaban J connectivity index is 1.31. The Labute approximate surface area is 334 Å². The molecule has 0 aliphatic carbocycles. The van der Waals surface area contributed by atoms with E-state index in [4.69, 9.17) is 9.97 Å². The number of benzene rings is 7. The van der Waals surface area contributed by atoms with Crippen molar-refractivity contribution in [2.75, 3.05) is 0 Å². The van der Waals surface area contributed by atoms with E-state index in [0.717, 1.165) is 78.5 Å². The van der Waals surface area contributed by atoms with Gasteiger partial charge in [0.2, 0.25) is 0 Å². The van der Waals surface area contributed by atoms with E-state index in [2.05, 4.69) is 202 Å². The smallest absolute Gasteiger partial charge is 0.165 e. The maximum absolute atomic E-state index is 5.90. The van der Waals surface area contributed by atoms with Gasteiger partial charge in [-0.05, 0) is 73.2 Å². The van der Waals surface area contributed by atoms with Crippen molar-refractivity contribution in [1.29, 1.82) is 0 Å². The number of nitrogens with zero attached hydrogens (tertiary/aromatic N) is 5. The zero-order valence-electron chi connectivity index (χ0n) is 31.7. The Hall–Kier alpha value is -7.76. The first kappa shape index (κ1) is 32.5. The molecular weight excluding hydrogens is 707 g/mol. The highest BCUT2D eigenvalue weighted by atomic mass is 15.2. The molecule has 0 saturated carbocycles. The lowest BCUT2D eigenvalue weighted by Crippen LogP contribution is -2.11. The Morgan fingerprint density at radius 3 is 1.24 bits per heavy atom. The van der Waals surface area contributed by atoms with Crippen LogP contribution in [0.5, 0.6) is 0 Å². The number of hydrogen-bond acceptors (Lipinski definition) is 2. The predicted octanol–water partition coefficient (Wildman–Crippen LogP) is 13.4. The van der Waals surface area contributed by atoms with Gasteiger partial charge in [0.25, 0.3) is 0 Å². The molecule has 272 valence electrons. The normalized spacial score (nSPS) is 11.9. The van der Waals surface area contributed by atoms with Gasteiger partial charge in [0.05, 0.1) is 44.5 Å². The van der Waals surface area contributed by atoms with Crippen LogP contribution in [0.15, 0.2) is 194 Å². The molecule has 0 amide bonds. The molecule has 5 heterocycles. The second-order valence-electron chi connectivity index (χ2n) is 15.1. The quantitative estimate of drug-likeness (QED) is 0.176. The first-order valence-corrected chi connectivity index (χ1v) is 19.8. The molecule has 5 nitrogen and oxygen atoms in total. The summed E-state index contributed by atoms with van der Waals surface area (Å²) in [4.78, 5) is 10.9. The van der Waals surface area contributed by atoms with E-state index in [1.807, 2.05) is 13.0 Å². The van der Waals surface area contributed by atoms with Crippen LogP contribution in [-0.2, 0) is 0 Å². The first-order valence-electron chi connectivity index (χ1n) is 19.8. The molecule has 0 radical (unpaired) electrons. The fraction of sp³-hybridized carbons (Fsp3) is 0.0189. The Morgan fingerprint density at radius 2 is 0.759 bits per heavy atom. The van der Waals surface area contributed by atoms with Crippen LogP contribution in [0.2, 0.25) is 0 Å². The van der Waals surface area contributed by atoms with E-state index < -0.39 is 0 Å². The average molecular weight is 742 g/mol. The summed E-state index contributed by atoms with van der Waals surface area (Å²) in [5, 5.41) is 7.15. The second kappa shape index (κ2) is 12.6. The van der Waals surface area contributed by atoms with Crippen LogP contribution < -0.4 is 0 Å². The van der Waals surface area contributed by atoms with Crippen LogP contribution in [0, 0.1) is 6.92 Å².